The fourth-order valence-corrected chi connectivity index (χ4v) is 1.72. The molecule has 0 aliphatic rings. The van der Waals surface area contributed by atoms with Crippen LogP contribution in [0.5, 0.6) is 0 Å². The number of hydrogen-bond donors (Lipinski definition) is 3. The predicted octanol–water partition coefficient (Wildman–Crippen LogP) is 2.25. The molecule has 0 saturated heterocycles. The Morgan fingerprint density at radius 3 is 2.65 bits per heavy atom. The molecule has 6 heteroatoms. The molecule has 2 rings (SSSR count). The van der Waals surface area contributed by atoms with Crippen LogP contribution in [-0.4, -0.2) is 30.2 Å². The highest BCUT2D eigenvalue weighted by molar-refractivity contribution is 5.77. The van der Waals surface area contributed by atoms with E-state index in [4.69, 9.17) is 10.5 Å². The van der Waals surface area contributed by atoms with Crippen LogP contribution in [0.25, 0.3) is 0 Å². The van der Waals surface area contributed by atoms with Crippen LogP contribution in [-0.2, 0) is 4.74 Å². The van der Waals surface area contributed by atoms with E-state index in [1.165, 1.54) is 6.33 Å². The zero-order chi connectivity index (χ0) is 14.2. The van der Waals surface area contributed by atoms with E-state index in [0.717, 1.165) is 18.7 Å². The summed E-state index contributed by atoms with van der Waals surface area (Å²) < 4.78 is 5.00. The molecule has 1 aromatic heterocycles. The molecule has 4 N–H and O–H groups in total. The van der Waals surface area contributed by atoms with Gasteiger partial charge in [0.1, 0.15) is 12.0 Å². The summed E-state index contributed by atoms with van der Waals surface area (Å²) in [4.78, 5) is 8.32. The van der Waals surface area contributed by atoms with Crippen molar-refractivity contribution < 1.29 is 4.74 Å². The van der Waals surface area contributed by atoms with Crippen molar-refractivity contribution in [2.75, 3.05) is 36.6 Å². The third-order valence-corrected chi connectivity index (χ3v) is 2.74. The third-order valence-electron chi connectivity index (χ3n) is 2.74. The van der Waals surface area contributed by atoms with Gasteiger partial charge < -0.3 is 21.1 Å². The average molecular weight is 273 g/mol. The normalized spacial score (nSPS) is 10.2. The standard InChI is InChI=1S/C14H19N5O/c1-20-9-5-8-16-13-12(15)14(18-10-17-13)19-11-6-3-2-4-7-11/h2-4,6-7,10H,5,8-9,15H2,1H3,(H2,16,17,18,19). The molecule has 0 aliphatic carbocycles. The highest BCUT2D eigenvalue weighted by Gasteiger charge is 2.07. The monoisotopic (exact) mass is 273 g/mol. The largest absolute Gasteiger partial charge is 0.393 e. The Kier molecular flexibility index (Phi) is 5.14. The van der Waals surface area contributed by atoms with Crippen molar-refractivity contribution in [1.29, 1.82) is 0 Å². The van der Waals surface area contributed by atoms with Gasteiger partial charge in [0.05, 0.1) is 0 Å². The van der Waals surface area contributed by atoms with Crippen LogP contribution in [0, 0.1) is 0 Å². The molecule has 106 valence electrons. The zero-order valence-electron chi connectivity index (χ0n) is 11.5. The summed E-state index contributed by atoms with van der Waals surface area (Å²) in [5.74, 6) is 1.23. The van der Waals surface area contributed by atoms with Gasteiger partial charge >= 0.3 is 0 Å². The Labute approximate surface area is 118 Å². The molecular weight excluding hydrogens is 254 g/mol. The first-order valence-corrected chi connectivity index (χ1v) is 6.46. The van der Waals surface area contributed by atoms with Gasteiger partial charge in [-0.2, -0.15) is 0 Å². The number of methoxy groups -OCH3 is 1. The molecule has 1 heterocycles. The van der Waals surface area contributed by atoms with E-state index in [1.54, 1.807) is 7.11 Å². The Bertz CT molecular complexity index is 532. The van der Waals surface area contributed by atoms with E-state index < -0.39 is 0 Å². The van der Waals surface area contributed by atoms with Crippen molar-refractivity contribution in [3.8, 4) is 0 Å². The number of para-hydroxylation sites is 1. The quantitative estimate of drug-likeness (QED) is 0.671. The minimum absolute atomic E-state index is 0.508. The zero-order valence-corrected chi connectivity index (χ0v) is 11.5. The number of rotatable bonds is 7. The highest BCUT2D eigenvalue weighted by atomic mass is 16.5. The average Bonchev–Trinajstić information content (AvgIpc) is 2.48. The number of nitrogens with zero attached hydrogens (tertiary/aromatic N) is 2. The van der Waals surface area contributed by atoms with Gasteiger partial charge in [-0.3, -0.25) is 0 Å². The summed E-state index contributed by atoms with van der Waals surface area (Å²) in [5.41, 5.74) is 7.51. The molecule has 2 aromatic rings. The van der Waals surface area contributed by atoms with E-state index in [0.29, 0.717) is 23.9 Å². The van der Waals surface area contributed by atoms with E-state index in [-0.39, 0.29) is 0 Å². The van der Waals surface area contributed by atoms with Crippen molar-refractivity contribution in [3.05, 3.63) is 36.7 Å². The van der Waals surface area contributed by atoms with Crippen molar-refractivity contribution in [2.24, 2.45) is 0 Å². The smallest absolute Gasteiger partial charge is 0.159 e. The van der Waals surface area contributed by atoms with Gasteiger partial charge in [0.2, 0.25) is 0 Å². The molecule has 0 aliphatic heterocycles. The number of nitrogen functional groups attached to an aromatic ring is 1. The summed E-state index contributed by atoms with van der Waals surface area (Å²) in [7, 11) is 1.68. The molecule has 0 radical (unpaired) electrons. The second-order valence-electron chi connectivity index (χ2n) is 4.25. The van der Waals surface area contributed by atoms with Crippen molar-refractivity contribution >= 4 is 23.0 Å². The van der Waals surface area contributed by atoms with Crippen molar-refractivity contribution in [2.45, 2.75) is 6.42 Å². The lowest BCUT2D eigenvalue weighted by Gasteiger charge is -2.12. The summed E-state index contributed by atoms with van der Waals surface area (Å²) in [6, 6.07) is 9.75. The fraction of sp³-hybridized carbons (Fsp3) is 0.286. The van der Waals surface area contributed by atoms with Crippen LogP contribution >= 0.6 is 0 Å². The summed E-state index contributed by atoms with van der Waals surface area (Å²) in [6.45, 7) is 1.45. The second-order valence-corrected chi connectivity index (χ2v) is 4.25. The minimum Gasteiger partial charge on any atom is -0.393 e. The van der Waals surface area contributed by atoms with Gasteiger partial charge in [0.15, 0.2) is 11.6 Å². The predicted molar refractivity (Wildman–Crippen MR) is 81.2 cm³/mol. The molecule has 0 bridgehead atoms. The van der Waals surface area contributed by atoms with Gasteiger partial charge in [-0.1, -0.05) is 18.2 Å². The molecule has 6 nitrogen and oxygen atoms in total. The molecule has 1 aromatic carbocycles. The summed E-state index contributed by atoms with van der Waals surface area (Å²) in [5, 5.41) is 6.35. The van der Waals surface area contributed by atoms with Gasteiger partial charge in [-0.25, -0.2) is 9.97 Å². The lowest BCUT2D eigenvalue weighted by atomic mass is 10.3. The third kappa shape index (κ3) is 3.83. The molecule has 0 saturated carbocycles. The molecular formula is C14H19N5O. The van der Waals surface area contributed by atoms with E-state index in [9.17, 15) is 0 Å². The van der Waals surface area contributed by atoms with Crippen LogP contribution in [0.1, 0.15) is 6.42 Å². The van der Waals surface area contributed by atoms with E-state index in [1.807, 2.05) is 30.3 Å². The van der Waals surface area contributed by atoms with E-state index in [2.05, 4.69) is 20.6 Å². The van der Waals surface area contributed by atoms with E-state index >= 15 is 0 Å². The van der Waals surface area contributed by atoms with Gasteiger partial charge in [0, 0.05) is 25.9 Å². The maximum atomic E-state index is 6.06. The Balaban J connectivity index is 2.03. The molecule has 0 atom stereocenters. The van der Waals surface area contributed by atoms with Crippen LogP contribution < -0.4 is 16.4 Å². The van der Waals surface area contributed by atoms with Gasteiger partial charge in [0.25, 0.3) is 0 Å². The summed E-state index contributed by atoms with van der Waals surface area (Å²) in [6.07, 6.45) is 2.38. The molecule has 0 fully saturated rings. The number of nitrogens with two attached hydrogens (primary N) is 1. The Hall–Kier alpha value is -2.34. The second kappa shape index (κ2) is 7.30. The fourth-order valence-electron chi connectivity index (χ4n) is 1.72. The molecule has 0 amide bonds. The van der Waals surface area contributed by atoms with Gasteiger partial charge in [-0.15, -0.1) is 0 Å². The van der Waals surface area contributed by atoms with Crippen LogP contribution in [0.4, 0.5) is 23.0 Å². The minimum atomic E-state index is 0.508. The maximum absolute atomic E-state index is 6.06. The SMILES string of the molecule is COCCCNc1ncnc(Nc2ccccc2)c1N. The van der Waals surface area contributed by atoms with Gasteiger partial charge in [-0.05, 0) is 18.6 Å². The summed E-state index contributed by atoms with van der Waals surface area (Å²) >= 11 is 0. The molecule has 0 unspecified atom stereocenters. The van der Waals surface area contributed by atoms with Crippen LogP contribution in [0.2, 0.25) is 0 Å². The Morgan fingerprint density at radius 1 is 1.15 bits per heavy atom. The lowest BCUT2D eigenvalue weighted by Crippen LogP contribution is -2.10. The first-order chi connectivity index (χ1) is 9.81. The topological polar surface area (TPSA) is 85.1 Å². The number of benzene rings is 1. The number of hydrogen-bond acceptors (Lipinski definition) is 6. The van der Waals surface area contributed by atoms with Crippen LogP contribution in [0.15, 0.2) is 36.7 Å². The number of nitrogens with one attached hydrogen (secondary N) is 2. The number of ether oxygens (including phenoxy) is 1. The number of anilines is 4. The Morgan fingerprint density at radius 2 is 1.90 bits per heavy atom. The molecule has 20 heavy (non-hydrogen) atoms. The first kappa shape index (κ1) is 14.1. The van der Waals surface area contributed by atoms with Crippen molar-refractivity contribution in [3.63, 3.8) is 0 Å². The highest BCUT2D eigenvalue weighted by Crippen LogP contribution is 2.25. The molecule has 0 spiro atoms. The van der Waals surface area contributed by atoms with Crippen molar-refractivity contribution in [1.82, 2.24) is 9.97 Å². The number of aromatic nitrogens is 2. The lowest BCUT2D eigenvalue weighted by molar-refractivity contribution is 0.198. The maximum Gasteiger partial charge on any atom is 0.159 e. The first-order valence-electron chi connectivity index (χ1n) is 6.46. The van der Waals surface area contributed by atoms with Crippen LogP contribution in [0.3, 0.4) is 0 Å².